The molecule has 0 unspecified atom stereocenters. The fourth-order valence-electron chi connectivity index (χ4n) is 2.15. The number of carbonyl (C=O) groups is 1. The monoisotopic (exact) mass is 235 g/mol. The summed E-state index contributed by atoms with van der Waals surface area (Å²) in [4.78, 5) is 13.9. The summed E-state index contributed by atoms with van der Waals surface area (Å²) < 4.78 is 10.4. The summed E-state index contributed by atoms with van der Waals surface area (Å²) in [5.74, 6) is 1.37. The number of ether oxygens (including phenoxy) is 2. The molecule has 4 nitrogen and oxygen atoms in total. The lowest BCUT2D eigenvalue weighted by molar-refractivity contribution is 0.0778. The maximum atomic E-state index is 12.1. The van der Waals surface area contributed by atoms with Gasteiger partial charge in [-0.05, 0) is 24.1 Å². The molecule has 0 aliphatic carbocycles. The second kappa shape index (κ2) is 4.65. The number of carbonyl (C=O) groups excluding carboxylic acids is 1. The molecule has 1 aliphatic rings. The largest absolute Gasteiger partial charge is 0.493 e. The third-order valence-corrected chi connectivity index (χ3v) is 2.98. The maximum Gasteiger partial charge on any atom is 0.254 e. The molecule has 17 heavy (non-hydrogen) atoms. The Balaban J connectivity index is 2.38. The van der Waals surface area contributed by atoms with Crippen LogP contribution in [-0.4, -0.2) is 31.6 Å². The average molecular weight is 235 g/mol. The molecule has 0 spiro atoms. The van der Waals surface area contributed by atoms with Crippen molar-refractivity contribution >= 4 is 5.91 Å². The molecule has 0 atom stereocenters. The smallest absolute Gasteiger partial charge is 0.254 e. The first kappa shape index (κ1) is 11.8. The van der Waals surface area contributed by atoms with E-state index in [0.717, 1.165) is 24.1 Å². The molecule has 0 N–H and O–H groups in total. The minimum Gasteiger partial charge on any atom is -0.493 e. The van der Waals surface area contributed by atoms with Crippen molar-refractivity contribution in [3.05, 3.63) is 23.3 Å². The van der Waals surface area contributed by atoms with E-state index in [1.165, 1.54) is 0 Å². The molecular weight excluding hydrogens is 218 g/mol. The molecule has 2 rings (SSSR count). The van der Waals surface area contributed by atoms with Crippen LogP contribution in [0, 0.1) is 0 Å². The SMILES string of the molecule is CCCN1Cc2cc(OC)c(OC)cc2C1=O. The Morgan fingerprint density at radius 3 is 2.47 bits per heavy atom. The van der Waals surface area contributed by atoms with Gasteiger partial charge < -0.3 is 14.4 Å². The van der Waals surface area contributed by atoms with E-state index in [2.05, 4.69) is 6.92 Å². The molecule has 92 valence electrons. The Hall–Kier alpha value is -1.71. The van der Waals surface area contributed by atoms with Crippen LogP contribution in [0.25, 0.3) is 0 Å². The summed E-state index contributed by atoms with van der Waals surface area (Å²) in [6, 6.07) is 3.66. The predicted molar refractivity (Wildman–Crippen MR) is 64.6 cm³/mol. The first-order chi connectivity index (χ1) is 8.21. The first-order valence-corrected chi connectivity index (χ1v) is 5.75. The Morgan fingerprint density at radius 2 is 1.88 bits per heavy atom. The van der Waals surface area contributed by atoms with E-state index >= 15 is 0 Å². The van der Waals surface area contributed by atoms with Gasteiger partial charge in [0.15, 0.2) is 11.5 Å². The van der Waals surface area contributed by atoms with Crippen LogP contribution in [0.3, 0.4) is 0 Å². The van der Waals surface area contributed by atoms with Crippen molar-refractivity contribution in [3.63, 3.8) is 0 Å². The van der Waals surface area contributed by atoms with Gasteiger partial charge in [-0.15, -0.1) is 0 Å². The van der Waals surface area contributed by atoms with Crippen molar-refractivity contribution in [1.29, 1.82) is 0 Å². The predicted octanol–water partition coefficient (Wildman–Crippen LogP) is 2.07. The highest BCUT2D eigenvalue weighted by Gasteiger charge is 2.28. The van der Waals surface area contributed by atoms with E-state index in [-0.39, 0.29) is 5.91 Å². The van der Waals surface area contributed by atoms with Crippen LogP contribution in [0.15, 0.2) is 12.1 Å². The van der Waals surface area contributed by atoms with E-state index in [4.69, 9.17) is 9.47 Å². The van der Waals surface area contributed by atoms with Crippen LogP contribution in [0.4, 0.5) is 0 Å². The normalized spacial score (nSPS) is 13.8. The van der Waals surface area contributed by atoms with Crippen LogP contribution < -0.4 is 9.47 Å². The quantitative estimate of drug-likeness (QED) is 0.802. The lowest BCUT2D eigenvalue weighted by Gasteiger charge is -2.13. The van der Waals surface area contributed by atoms with Crippen LogP contribution in [-0.2, 0) is 6.54 Å². The van der Waals surface area contributed by atoms with Crippen molar-refractivity contribution in [1.82, 2.24) is 4.90 Å². The molecule has 1 heterocycles. The third kappa shape index (κ3) is 1.95. The molecule has 1 amide bonds. The summed E-state index contributed by atoms with van der Waals surface area (Å²) in [6.07, 6.45) is 0.966. The van der Waals surface area contributed by atoms with Crippen molar-refractivity contribution < 1.29 is 14.3 Å². The summed E-state index contributed by atoms with van der Waals surface area (Å²) in [5.41, 5.74) is 1.75. The zero-order chi connectivity index (χ0) is 12.4. The number of nitrogens with zero attached hydrogens (tertiary/aromatic N) is 1. The third-order valence-electron chi connectivity index (χ3n) is 2.98. The molecule has 0 aromatic heterocycles. The van der Waals surface area contributed by atoms with Gasteiger partial charge in [-0.2, -0.15) is 0 Å². The highest BCUT2D eigenvalue weighted by Crippen LogP contribution is 2.34. The van der Waals surface area contributed by atoms with E-state index in [1.54, 1.807) is 20.3 Å². The van der Waals surface area contributed by atoms with Gasteiger partial charge in [-0.1, -0.05) is 6.92 Å². The fraction of sp³-hybridized carbons (Fsp3) is 0.462. The van der Waals surface area contributed by atoms with Crippen molar-refractivity contribution in [2.75, 3.05) is 20.8 Å². The number of hydrogen-bond donors (Lipinski definition) is 0. The lowest BCUT2D eigenvalue weighted by Crippen LogP contribution is -2.24. The van der Waals surface area contributed by atoms with Gasteiger partial charge >= 0.3 is 0 Å². The highest BCUT2D eigenvalue weighted by atomic mass is 16.5. The van der Waals surface area contributed by atoms with Crippen molar-refractivity contribution in [2.45, 2.75) is 19.9 Å². The Labute approximate surface area is 101 Å². The summed E-state index contributed by atoms with van der Waals surface area (Å²) in [5, 5.41) is 0. The molecule has 0 fully saturated rings. The van der Waals surface area contributed by atoms with E-state index in [0.29, 0.717) is 18.0 Å². The van der Waals surface area contributed by atoms with Crippen molar-refractivity contribution in [2.24, 2.45) is 0 Å². The first-order valence-electron chi connectivity index (χ1n) is 5.75. The van der Waals surface area contributed by atoms with Crippen LogP contribution >= 0.6 is 0 Å². The topological polar surface area (TPSA) is 38.8 Å². The molecule has 1 aliphatic heterocycles. The standard InChI is InChI=1S/C13H17NO3/c1-4-5-14-8-9-6-11(16-2)12(17-3)7-10(9)13(14)15/h6-7H,4-5,8H2,1-3H3. The Morgan fingerprint density at radius 1 is 1.24 bits per heavy atom. The Bertz CT molecular complexity index is 443. The number of methoxy groups -OCH3 is 2. The zero-order valence-electron chi connectivity index (χ0n) is 10.4. The Kier molecular flexibility index (Phi) is 3.22. The van der Waals surface area contributed by atoms with Crippen LogP contribution in [0.1, 0.15) is 29.3 Å². The minimum absolute atomic E-state index is 0.0859. The summed E-state index contributed by atoms with van der Waals surface area (Å²) in [7, 11) is 3.18. The van der Waals surface area contributed by atoms with Gasteiger partial charge in [0.1, 0.15) is 0 Å². The molecule has 0 bridgehead atoms. The van der Waals surface area contributed by atoms with Gasteiger partial charge in [0, 0.05) is 18.7 Å². The molecule has 4 heteroatoms. The average Bonchev–Trinajstić information content (AvgIpc) is 2.65. The number of rotatable bonds is 4. The molecule has 0 radical (unpaired) electrons. The molecule has 0 saturated heterocycles. The van der Waals surface area contributed by atoms with Crippen molar-refractivity contribution in [3.8, 4) is 11.5 Å². The zero-order valence-corrected chi connectivity index (χ0v) is 10.4. The highest BCUT2D eigenvalue weighted by molar-refractivity contribution is 5.99. The van der Waals surface area contributed by atoms with E-state index in [1.807, 2.05) is 11.0 Å². The maximum absolute atomic E-state index is 12.1. The van der Waals surface area contributed by atoms with E-state index < -0.39 is 0 Å². The van der Waals surface area contributed by atoms with Crippen LogP contribution in [0.2, 0.25) is 0 Å². The van der Waals surface area contributed by atoms with Crippen LogP contribution in [0.5, 0.6) is 11.5 Å². The lowest BCUT2D eigenvalue weighted by atomic mass is 10.1. The van der Waals surface area contributed by atoms with Gasteiger partial charge in [-0.3, -0.25) is 4.79 Å². The van der Waals surface area contributed by atoms with E-state index in [9.17, 15) is 4.79 Å². The molecule has 1 aromatic carbocycles. The number of benzene rings is 1. The summed E-state index contributed by atoms with van der Waals surface area (Å²) in [6.45, 7) is 3.53. The molecule has 1 aromatic rings. The van der Waals surface area contributed by atoms with Gasteiger partial charge in [0.2, 0.25) is 0 Å². The number of hydrogen-bond acceptors (Lipinski definition) is 3. The van der Waals surface area contributed by atoms with Gasteiger partial charge in [-0.25, -0.2) is 0 Å². The number of amides is 1. The second-order valence-corrected chi connectivity index (χ2v) is 4.09. The molecule has 0 saturated carbocycles. The van der Waals surface area contributed by atoms with Gasteiger partial charge in [0.25, 0.3) is 5.91 Å². The molecular formula is C13H17NO3. The van der Waals surface area contributed by atoms with Gasteiger partial charge in [0.05, 0.1) is 14.2 Å². The number of fused-ring (bicyclic) bond motifs is 1. The minimum atomic E-state index is 0.0859. The fourth-order valence-corrected chi connectivity index (χ4v) is 2.15. The second-order valence-electron chi connectivity index (χ2n) is 4.09. The summed E-state index contributed by atoms with van der Waals surface area (Å²) >= 11 is 0.